The number of aliphatic hydroxyl groups is 1. The average molecular weight is 453 g/mol. The van der Waals surface area contributed by atoms with Gasteiger partial charge in [-0.05, 0) is 49.9 Å². The lowest BCUT2D eigenvalue weighted by molar-refractivity contribution is -0.131. The summed E-state index contributed by atoms with van der Waals surface area (Å²) in [5.41, 5.74) is 2.82. The average Bonchev–Trinajstić information content (AvgIpc) is 3.06. The smallest absolute Gasteiger partial charge is 0.410 e. The SMILES string of the molecule is CC(N(C)C(=O)OCC1c2ccccc2-c2ccccc21)C1(O)CN(C(=O)OC(C)(C)C)C1. The van der Waals surface area contributed by atoms with E-state index in [1.54, 1.807) is 34.7 Å². The Morgan fingerprint density at radius 2 is 1.61 bits per heavy atom. The van der Waals surface area contributed by atoms with E-state index in [2.05, 4.69) is 24.3 Å². The summed E-state index contributed by atoms with van der Waals surface area (Å²) >= 11 is 0. The third-order valence-electron chi connectivity index (χ3n) is 6.56. The van der Waals surface area contributed by atoms with Crippen molar-refractivity contribution in [2.75, 3.05) is 26.7 Å². The maximum absolute atomic E-state index is 12.8. The molecule has 2 amide bonds. The molecular weight excluding hydrogens is 420 g/mol. The van der Waals surface area contributed by atoms with Gasteiger partial charge in [-0.2, -0.15) is 0 Å². The number of amides is 2. The monoisotopic (exact) mass is 452 g/mol. The zero-order valence-electron chi connectivity index (χ0n) is 19.9. The molecule has 7 heteroatoms. The summed E-state index contributed by atoms with van der Waals surface area (Å²) in [6, 6.07) is 15.8. The standard InChI is InChI=1S/C26H32N2O5/c1-17(26(31)15-28(16-26)24(30)33-25(2,3)4)27(5)23(29)32-14-22-20-12-8-6-10-18(20)19-11-7-9-13-21(19)22/h6-13,17,22,31H,14-16H2,1-5H3. The van der Waals surface area contributed by atoms with Crippen LogP contribution in [0.1, 0.15) is 44.7 Å². The van der Waals surface area contributed by atoms with E-state index in [0.29, 0.717) is 0 Å². The first-order valence-electron chi connectivity index (χ1n) is 11.3. The zero-order valence-corrected chi connectivity index (χ0v) is 19.9. The second-order valence-corrected chi connectivity index (χ2v) is 10.0. The van der Waals surface area contributed by atoms with Crippen LogP contribution in [0.3, 0.4) is 0 Å². The highest BCUT2D eigenvalue weighted by atomic mass is 16.6. The third kappa shape index (κ3) is 4.42. The minimum absolute atomic E-state index is 0.0282. The van der Waals surface area contributed by atoms with Crippen molar-refractivity contribution in [3.63, 3.8) is 0 Å². The molecular formula is C26H32N2O5. The number of hydrogen-bond acceptors (Lipinski definition) is 5. The molecule has 0 aromatic heterocycles. The molecule has 1 atom stereocenters. The van der Waals surface area contributed by atoms with Gasteiger partial charge in [-0.15, -0.1) is 0 Å². The number of rotatable bonds is 4. The lowest BCUT2D eigenvalue weighted by atomic mass is 9.86. The van der Waals surface area contributed by atoms with Gasteiger partial charge in [0.2, 0.25) is 0 Å². The number of β-amino-alcohol motifs (C(OH)–C–C–N with tert-alkyl or cyclic N) is 1. The van der Waals surface area contributed by atoms with E-state index >= 15 is 0 Å². The lowest BCUT2D eigenvalue weighted by Gasteiger charge is -2.51. The van der Waals surface area contributed by atoms with Gasteiger partial charge in [-0.25, -0.2) is 9.59 Å². The number of fused-ring (bicyclic) bond motifs is 3. The number of likely N-dealkylation sites (N-methyl/N-ethyl adjacent to an activating group) is 1. The molecule has 0 saturated carbocycles. The molecule has 1 heterocycles. The molecule has 2 aromatic rings. The number of ether oxygens (including phenoxy) is 2. The fourth-order valence-corrected chi connectivity index (χ4v) is 4.55. The molecule has 1 aliphatic carbocycles. The van der Waals surface area contributed by atoms with E-state index in [0.717, 1.165) is 11.1 Å². The first-order chi connectivity index (χ1) is 15.5. The highest BCUT2D eigenvalue weighted by Crippen LogP contribution is 2.44. The summed E-state index contributed by atoms with van der Waals surface area (Å²) in [6.07, 6.45) is -0.975. The predicted molar refractivity (Wildman–Crippen MR) is 125 cm³/mol. The van der Waals surface area contributed by atoms with Gasteiger partial charge in [-0.3, -0.25) is 0 Å². The van der Waals surface area contributed by atoms with Crippen molar-refractivity contribution in [3.05, 3.63) is 59.7 Å². The van der Waals surface area contributed by atoms with Crippen molar-refractivity contribution >= 4 is 12.2 Å². The summed E-state index contributed by atoms with van der Waals surface area (Å²) in [5, 5.41) is 11.0. The summed E-state index contributed by atoms with van der Waals surface area (Å²) in [4.78, 5) is 27.9. The largest absolute Gasteiger partial charge is 0.448 e. The molecule has 2 aromatic carbocycles. The molecule has 176 valence electrons. The molecule has 1 saturated heterocycles. The summed E-state index contributed by atoms with van der Waals surface area (Å²) < 4.78 is 11.0. The zero-order chi connectivity index (χ0) is 24.0. The molecule has 4 rings (SSSR count). The topological polar surface area (TPSA) is 79.3 Å². The first-order valence-corrected chi connectivity index (χ1v) is 11.3. The molecule has 0 radical (unpaired) electrons. The molecule has 1 aliphatic heterocycles. The van der Waals surface area contributed by atoms with Crippen LogP contribution in [-0.4, -0.2) is 71.1 Å². The summed E-state index contributed by atoms with van der Waals surface area (Å²) in [7, 11) is 1.61. The Morgan fingerprint density at radius 3 is 2.12 bits per heavy atom. The number of nitrogens with zero attached hydrogens (tertiary/aromatic N) is 2. The van der Waals surface area contributed by atoms with E-state index in [-0.39, 0.29) is 25.6 Å². The van der Waals surface area contributed by atoms with Gasteiger partial charge in [0.1, 0.15) is 17.8 Å². The predicted octanol–water partition coefficient (Wildman–Crippen LogP) is 4.24. The highest BCUT2D eigenvalue weighted by Gasteiger charge is 2.51. The van der Waals surface area contributed by atoms with Gasteiger partial charge in [-0.1, -0.05) is 48.5 Å². The van der Waals surface area contributed by atoms with Gasteiger partial charge in [0.15, 0.2) is 0 Å². The van der Waals surface area contributed by atoms with E-state index in [1.807, 2.05) is 24.3 Å². The second-order valence-electron chi connectivity index (χ2n) is 10.0. The maximum Gasteiger partial charge on any atom is 0.410 e. The van der Waals surface area contributed by atoms with Crippen LogP contribution >= 0.6 is 0 Å². The van der Waals surface area contributed by atoms with E-state index < -0.39 is 29.4 Å². The Balaban J connectivity index is 1.36. The van der Waals surface area contributed by atoms with Gasteiger partial charge >= 0.3 is 12.2 Å². The van der Waals surface area contributed by atoms with Crippen molar-refractivity contribution in [3.8, 4) is 11.1 Å². The number of carbonyl (C=O) groups is 2. The molecule has 0 bridgehead atoms. The van der Waals surface area contributed by atoms with Gasteiger partial charge in [0.05, 0.1) is 19.1 Å². The van der Waals surface area contributed by atoms with Crippen molar-refractivity contribution < 1.29 is 24.2 Å². The van der Waals surface area contributed by atoms with Gasteiger partial charge in [0, 0.05) is 13.0 Å². The number of benzene rings is 2. The summed E-state index contributed by atoms with van der Waals surface area (Å²) in [6.45, 7) is 7.56. The Labute approximate surface area is 194 Å². The third-order valence-corrected chi connectivity index (χ3v) is 6.56. The summed E-state index contributed by atoms with van der Waals surface area (Å²) in [5.74, 6) is -0.0282. The quantitative estimate of drug-likeness (QED) is 0.751. The minimum atomic E-state index is -1.21. The Hall–Kier alpha value is -3.06. The normalized spacial score (nSPS) is 17.5. The molecule has 1 N–H and O–H groups in total. The van der Waals surface area contributed by atoms with E-state index in [9.17, 15) is 14.7 Å². The first kappa shape index (κ1) is 23.1. The van der Waals surface area contributed by atoms with Crippen LogP contribution in [-0.2, 0) is 9.47 Å². The molecule has 0 spiro atoms. The van der Waals surface area contributed by atoms with Crippen LogP contribution in [0.25, 0.3) is 11.1 Å². The Morgan fingerprint density at radius 1 is 1.09 bits per heavy atom. The van der Waals surface area contributed by atoms with Crippen LogP contribution < -0.4 is 0 Å². The van der Waals surface area contributed by atoms with Crippen LogP contribution in [0, 0.1) is 0 Å². The molecule has 2 aliphatic rings. The van der Waals surface area contributed by atoms with Gasteiger partial charge in [0.25, 0.3) is 0 Å². The van der Waals surface area contributed by atoms with E-state index in [4.69, 9.17) is 9.47 Å². The van der Waals surface area contributed by atoms with Crippen molar-refractivity contribution in [2.24, 2.45) is 0 Å². The van der Waals surface area contributed by atoms with Crippen molar-refractivity contribution in [1.82, 2.24) is 9.80 Å². The lowest BCUT2D eigenvalue weighted by Crippen LogP contribution is -2.71. The second kappa shape index (κ2) is 8.37. The molecule has 7 nitrogen and oxygen atoms in total. The fraction of sp³-hybridized carbons (Fsp3) is 0.462. The minimum Gasteiger partial charge on any atom is -0.448 e. The Kier molecular flexibility index (Phi) is 5.86. The van der Waals surface area contributed by atoms with Gasteiger partial charge < -0.3 is 24.4 Å². The van der Waals surface area contributed by atoms with Crippen LogP contribution in [0.15, 0.2) is 48.5 Å². The van der Waals surface area contributed by atoms with Crippen LogP contribution in [0.2, 0.25) is 0 Å². The molecule has 33 heavy (non-hydrogen) atoms. The van der Waals surface area contributed by atoms with E-state index in [1.165, 1.54) is 20.9 Å². The van der Waals surface area contributed by atoms with Crippen LogP contribution in [0.5, 0.6) is 0 Å². The number of likely N-dealkylation sites (tertiary alicyclic amines) is 1. The fourth-order valence-electron chi connectivity index (χ4n) is 4.55. The Bertz CT molecular complexity index is 1010. The molecule has 1 fully saturated rings. The highest BCUT2D eigenvalue weighted by molar-refractivity contribution is 5.79. The van der Waals surface area contributed by atoms with Crippen molar-refractivity contribution in [2.45, 2.75) is 50.9 Å². The van der Waals surface area contributed by atoms with Crippen LogP contribution in [0.4, 0.5) is 9.59 Å². The number of hydrogen-bond donors (Lipinski definition) is 1. The maximum atomic E-state index is 12.8. The number of carbonyl (C=O) groups excluding carboxylic acids is 2. The molecule has 1 unspecified atom stereocenters. The van der Waals surface area contributed by atoms with Crippen molar-refractivity contribution in [1.29, 1.82) is 0 Å².